The van der Waals surface area contributed by atoms with Crippen LogP contribution in [-0.4, -0.2) is 22.5 Å². The van der Waals surface area contributed by atoms with Gasteiger partial charge in [-0.05, 0) is 29.8 Å². The lowest BCUT2D eigenvalue weighted by Gasteiger charge is -2.18. The van der Waals surface area contributed by atoms with Crippen LogP contribution >= 0.6 is 0 Å². The Labute approximate surface area is 133 Å². The van der Waals surface area contributed by atoms with E-state index in [1.54, 1.807) is 49.9 Å². The van der Waals surface area contributed by atoms with Gasteiger partial charge in [-0.2, -0.15) is 0 Å². The number of para-hydroxylation sites is 1. The third-order valence-electron chi connectivity index (χ3n) is 3.64. The molecule has 0 saturated heterocycles. The standard InChI is InChI=1S/C18H16FN3O/c1-21(17-5-3-2-4-16(17)19)18(23)15-8-6-14(7-9-15)12-22-11-10-20-13-22/h2-11,13H,12H2,1H3. The van der Waals surface area contributed by atoms with Gasteiger partial charge in [0, 0.05) is 31.5 Å². The molecule has 0 aliphatic heterocycles. The largest absolute Gasteiger partial charge is 0.333 e. The van der Waals surface area contributed by atoms with Crippen molar-refractivity contribution >= 4 is 11.6 Å². The fourth-order valence-corrected chi connectivity index (χ4v) is 2.37. The second-order valence-corrected chi connectivity index (χ2v) is 5.25. The number of carbonyl (C=O) groups excluding carboxylic acids is 1. The molecular formula is C18H16FN3O. The van der Waals surface area contributed by atoms with Gasteiger partial charge in [0.15, 0.2) is 0 Å². The third kappa shape index (κ3) is 3.29. The summed E-state index contributed by atoms with van der Waals surface area (Å²) in [5.74, 6) is -0.663. The summed E-state index contributed by atoms with van der Waals surface area (Å²) >= 11 is 0. The van der Waals surface area contributed by atoms with Gasteiger partial charge in [0.2, 0.25) is 0 Å². The lowest BCUT2D eigenvalue weighted by atomic mass is 10.1. The smallest absolute Gasteiger partial charge is 0.258 e. The Balaban J connectivity index is 1.76. The molecule has 116 valence electrons. The number of benzene rings is 2. The molecule has 0 spiro atoms. The summed E-state index contributed by atoms with van der Waals surface area (Å²) in [6.07, 6.45) is 5.34. The Morgan fingerprint density at radius 2 is 1.91 bits per heavy atom. The minimum absolute atomic E-state index is 0.246. The highest BCUT2D eigenvalue weighted by Crippen LogP contribution is 2.19. The van der Waals surface area contributed by atoms with Crippen LogP contribution in [0.4, 0.5) is 10.1 Å². The van der Waals surface area contributed by atoms with E-state index in [-0.39, 0.29) is 11.6 Å². The van der Waals surface area contributed by atoms with Crippen LogP contribution < -0.4 is 4.90 Å². The molecule has 5 heteroatoms. The van der Waals surface area contributed by atoms with E-state index in [1.165, 1.54) is 11.0 Å². The molecule has 0 atom stereocenters. The predicted octanol–water partition coefficient (Wildman–Crippen LogP) is 3.35. The van der Waals surface area contributed by atoms with Gasteiger partial charge in [0.05, 0.1) is 12.0 Å². The Morgan fingerprint density at radius 1 is 1.17 bits per heavy atom. The van der Waals surface area contributed by atoms with Crippen molar-refractivity contribution in [3.63, 3.8) is 0 Å². The molecule has 2 aromatic carbocycles. The van der Waals surface area contributed by atoms with Gasteiger partial charge in [-0.1, -0.05) is 24.3 Å². The zero-order valence-electron chi connectivity index (χ0n) is 12.7. The molecule has 4 nitrogen and oxygen atoms in total. The maximum absolute atomic E-state index is 13.8. The number of carbonyl (C=O) groups is 1. The summed E-state index contributed by atoms with van der Waals surface area (Å²) < 4.78 is 15.7. The second-order valence-electron chi connectivity index (χ2n) is 5.25. The molecule has 1 heterocycles. The monoisotopic (exact) mass is 309 g/mol. The molecule has 0 aliphatic rings. The van der Waals surface area contributed by atoms with Gasteiger partial charge in [0.25, 0.3) is 5.91 Å². The van der Waals surface area contributed by atoms with Crippen LogP contribution in [0.25, 0.3) is 0 Å². The molecule has 3 aromatic rings. The fourth-order valence-electron chi connectivity index (χ4n) is 2.37. The first-order valence-electron chi connectivity index (χ1n) is 7.22. The first-order chi connectivity index (χ1) is 11.1. The highest BCUT2D eigenvalue weighted by Gasteiger charge is 2.16. The summed E-state index contributed by atoms with van der Waals surface area (Å²) in [4.78, 5) is 17.8. The minimum Gasteiger partial charge on any atom is -0.333 e. The molecule has 1 aromatic heterocycles. The molecule has 0 saturated carbocycles. The van der Waals surface area contributed by atoms with Crippen LogP contribution in [-0.2, 0) is 6.54 Å². The van der Waals surface area contributed by atoms with Gasteiger partial charge < -0.3 is 9.47 Å². The van der Waals surface area contributed by atoms with Crippen molar-refractivity contribution in [1.29, 1.82) is 0 Å². The van der Waals surface area contributed by atoms with Crippen LogP contribution in [0.2, 0.25) is 0 Å². The van der Waals surface area contributed by atoms with Gasteiger partial charge in [-0.3, -0.25) is 4.79 Å². The normalized spacial score (nSPS) is 10.5. The molecule has 0 aliphatic carbocycles. The maximum Gasteiger partial charge on any atom is 0.258 e. The summed E-state index contributed by atoms with van der Waals surface area (Å²) in [5.41, 5.74) is 1.85. The highest BCUT2D eigenvalue weighted by atomic mass is 19.1. The van der Waals surface area contributed by atoms with Gasteiger partial charge in [-0.25, -0.2) is 9.37 Å². The molecule has 23 heavy (non-hydrogen) atoms. The van der Waals surface area contributed by atoms with Crippen LogP contribution in [0.3, 0.4) is 0 Å². The zero-order chi connectivity index (χ0) is 16.2. The first kappa shape index (κ1) is 15.0. The molecule has 0 radical (unpaired) electrons. The van der Waals surface area contributed by atoms with Crippen molar-refractivity contribution in [3.05, 3.63) is 84.2 Å². The number of imidazole rings is 1. The molecule has 3 rings (SSSR count). The minimum atomic E-state index is -0.417. The molecule has 1 amide bonds. The van der Waals surface area contributed by atoms with E-state index in [9.17, 15) is 9.18 Å². The summed E-state index contributed by atoms with van der Waals surface area (Å²) in [6.45, 7) is 0.692. The van der Waals surface area contributed by atoms with Gasteiger partial charge in [0.1, 0.15) is 5.82 Å². The topological polar surface area (TPSA) is 38.1 Å². The number of hydrogen-bond donors (Lipinski definition) is 0. The Morgan fingerprint density at radius 3 is 2.57 bits per heavy atom. The number of halogens is 1. The Hall–Kier alpha value is -2.95. The SMILES string of the molecule is CN(C(=O)c1ccc(Cn2ccnc2)cc1)c1ccccc1F. The molecule has 0 bridgehead atoms. The number of nitrogens with zero attached hydrogens (tertiary/aromatic N) is 3. The lowest BCUT2D eigenvalue weighted by Crippen LogP contribution is -2.27. The van der Waals surface area contributed by atoms with E-state index in [1.807, 2.05) is 22.9 Å². The molecule has 0 unspecified atom stereocenters. The Kier molecular flexibility index (Phi) is 4.19. The van der Waals surface area contributed by atoms with Crippen molar-refractivity contribution < 1.29 is 9.18 Å². The predicted molar refractivity (Wildman–Crippen MR) is 86.9 cm³/mol. The van der Waals surface area contributed by atoms with Crippen molar-refractivity contribution in [3.8, 4) is 0 Å². The number of rotatable bonds is 4. The van der Waals surface area contributed by atoms with Crippen molar-refractivity contribution in [1.82, 2.24) is 9.55 Å². The van der Waals surface area contributed by atoms with Crippen LogP contribution in [0.1, 0.15) is 15.9 Å². The average molecular weight is 309 g/mol. The number of aromatic nitrogens is 2. The summed E-state index contributed by atoms with van der Waals surface area (Å²) in [5, 5.41) is 0. The van der Waals surface area contributed by atoms with Crippen molar-refractivity contribution in [2.75, 3.05) is 11.9 Å². The van der Waals surface area contributed by atoms with Crippen molar-refractivity contribution in [2.24, 2.45) is 0 Å². The van der Waals surface area contributed by atoms with Gasteiger partial charge in [-0.15, -0.1) is 0 Å². The van der Waals surface area contributed by atoms with E-state index in [4.69, 9.17) is 0 Å². The van der Waals surface area contributed by atoms with Crippen LogP contribution in [0, 0.1) is 5.82 Å². The fraction of sp³-hybridized carbons (Fsp3) is 0.111. The van der Waals surface area contributed by atoms with Crippen LogP contribution in [0.15, 0.2) is 67.3 Å². The molecule has 0 N–H and O–H groups in total. The summed E-state index contributed by atoms with van der Waals surface area (Å²) in [7, 11) is 1.57. The van der Waals surface area contributed by atoms with Crippen LogP contribution in [0.5, 0.6) is 0 Å². The highest BCUT2D eigenvalue weighted by molar-refractivity contribution is 6.05. The average Bonchev–Trinajstić information content (AvgIpc) is 3.08. The van der Waals surface area contributed by atoms with Crippen molar-refractivity contribution in [2.45, 2.75) is 6.54 Å². The number of amides is 1. The maximum atomic E-state index is 13.8. The van der Waals surface area contributed by atoms with E-state index in [0.717, 1.165) is 5.56 Å². The van der Waals surface area contributed by atoms with E-state index >= 15 is 0 Å². The van der Waals surface area contributed by atoms with E-state index < -0.39 is 5.82 Å². The zero-order valence-corrected chi connectivity index (χ0v) is 12.7. The third-order valence-corrected chi connectivity index (χ3v) is 3.64. The number of anilines is 1. The molecule has 0 fully saturated rings. The van der Waals surface area contributed by atoms with E-state index in [2.05, 4.69) is 4.98 Å². The van der Waals surface area contributed by atoms with E-state index in [0.29, 0.717) is 12.1 Å². The summed E-state index contributed by atoms with van der Waals surface area (Å²) in [6, 6.07) is 13.5. The second kappa shape index (κ2) is 6.44. The first-order valence-corrected chi connectivity index (χ1v) is 7.22. The molecular weight excluding hydrogens is 293 g/mol. The lowest BCUT2D eigenvalue weighted by molar-refractivity contribution is 0.0992. The number of hydrogen-bond acceptors (Lipinski definition) is 2. The quantitative estimate of drug-likeness (QED) is 0.741. The Bertz CT molecular complexity index is 797. The van der Waals surface area contributed by atoms with Gasteiger partial charge >= 0.3 is 0 Å².